The van der Waals surface area contributed by atoms with Crippen molar-refractivity contribution in [2.45, 2.75) is 0 Å². The number of hydrogen-bond donors (Lipinski definition) is 2. The molecule has 7 heteroatoms. The molecule has 0 unspecified atom stereocenters. The lowest BCUT2D eigenvalue weighted by Crippen LogP contribution is -2.18. The first-order valence-corrected chi connectivity index (χ1v) is 8.95. The molecule has 3 aromatic rings. The number of aromatic nitrogens is 1. The Balaban J connectivity index is 1.59. The van der Waals surface area contributed by atoms with Crippen LogP contribution in [-0.2, 0) is 0 Å². The second kappa shape index (κ2) is 9.27. The highest BCUT2D eigenvalue weighted by molar-refractivity contribution is 6.05. The summed E-state index contributed by atoms with van der Waals surface area (Å²) in [6.07, 6.45) is 4.83. The highest BCUT2D eigenvalue weighted by Crippen LogP contribution is 2.16. The standard InChI is InChI=1S/C22H21N5O2/c1-27(2)20-5-3-4-18(14-20)21(28)25-19-8-6-17(7-9-19)22(29)26-24-15-16-10-12-23-13-11-16/h3-15H,1-2H3,(H,25,28)(H,26,29)/b24-15+. The van der Waals surface area contributed by atoms with Gasteiger partial charge in [0.2, 0.25) is 0 Å². The van der Waals surface area contributed by atoms with Gasteiger partial charge in [0, 0.05) is 49.0 Å². The quantitative estimate of drug-likeness (QED) is 0.502. The molecule has 0 atom stereocenters. The van der Waals surface area contributed by atoms with Crippen molar-refractivity contribution < 1.29 is 9.59 Å². The number of nitrogens with one attached hydrogen (secondary N) is 2. The van der Waals surface area contributed by atoms with E-state index in [0.717, 1.165) is 11.3 Å². The molecule has 1 aromatic heterocycles. The Bertz CT molecular complexity index is 1010. The van der Waals surface area contributed by atoms with Gasteiger partial charge >= 0.3 is 0 Å². The fraction of sp³-hybridized carbons (Fsp3) is 0.0909. The Kier molecular flexibility index (Phi) is 6.32. The molecule has 3 rings (SSSR count). The number of rotatable bonds is 6. The smallest absolute Gasteiger partial charge is 0.271 e. The third-order valence-corrected chi connectivity index (χ3v) is 4.12. The van der Waals surface area contributed by atoms with E-state index in [1.807, 2.05) is 37.2 Å². The minimum absolute atomic E-state index is 0.215. The van der Waals surface area contributed by atoms with Crippen molar-refractivity contribution in [2.75, 3.05) is 24.3 Å². The molecule has 0 radical (unpaired) electrons. The molecule has 0 aliphatic rings. The maximum absolute atomic E-state index is 12.5. The van der Waals surface area contributed by atoms with Crippen LogP contribution in [0.3, 0.4) is 0 Å². The van der Waals surface area contributed by atoms with Crippen molar-refractivity contribution in [2.24, 2.45) is 5.10 Å². The molecule has 0 saturated carbocycles. The molecule has 2 aromatic carbocycles. The average Bonchev–Trinajstić information content (AvgIpc) is 2.75. The summed E-state index contributed by atoms with van der Waals surface area (Å²) >= 11 is 0. The Hall–Kier alpha value is -4.00. The third-order valence-electron chi connectivity index (χ3n) is 4.12. The van der Waals surface area contributed by atoms with E-state index in [0.29, 0.717) is 16.8 Å². The molecule has 0 bridgehead atoms. The van der Waals surface area contributed by atoms with Gasteiger partial charge in [0.15, 0.2) is 0 Å². The lowest BCUT2D eigenvalue weighted by Gasteiger charge is -2.13. The molecule has 146 valence electrons. The fourth-order valence-corrected chi connectivity index (χ4v) is 2.51. The van der Waals surface area contributed by atoms with E-state index in [2.05, 4.69) is 20.8 Å². The Morgan fingerprint density at radius 2 is 1.66 bits per heavy atom. The van der Waals surface area contributed by atoms with Gasteiger partial charge < -0.3 is 10.2 Å². The van der Waals surface area contributed by atoms with E-state index in [-0.39, 0.29) is 11.8 Å². The zero-order chi connectivity index (χ0) is 20.6. The number of carbonyl (C=O) groups excluding carboxylic acids is 2. The first-order valence-electron chi connectivity index (χ1n) is 8.95. The zero-order valence-electron chi connectivity index (χ0n) is 16.2. The van der Waals surface area contributed by atoms with Crippen LogP contribution in [0.5, 0.6) is 0 Å². The van der Waals surface area contributed by atoms with Crippen LogP contribution in [0.15, 0.2) is 78.2 Å². The Labute approximate surface area is 169 Å². The number of hydrogen-bond acceptors (Lipinski definition) is 5. The number of hydrazone groups is 1. The van der Waals surface area contributed by atoms with Gasteiger partial charge in [-0.15, -0.1) is 0 Å². The number of benzene rings is 2. The predicted octanol–water partition coefficient (Wildman–Crippen LogP) is 3.16. The van der Waals surface area contributed by atoms with Crippen LogP contribution in [-0.4, -0.2) is 37.1 Å². The molecular formula is C22H21N5O2. The molecular weight excluding hydrogens is 366 g/mol. The second-order valence-electron chi connectivity index (χ2n) is 6.46. The minimum Gasteiger partial charge on any atom is -0.378 e. The first-order chi connectivity index (χ1) is 14.0. The maximum Gasteiger partial charge on any atom is 0.271 e. The van der Waals surface area contributed by atoms with Gasteiger partial charge in [0.1, 0.15) is 0 Å². The molecule has 0 aliphatic heterocycles. The first kappa shape index (κ1) is 19.8. The number of amides is 2. The van der Waals surface area contributed by atoms with Gasteiger partial charge in [-0.3, -0.25) is 14.6 Å². The molecule has 0 spiro atoms. The highest BCUT2D eigenvalue weighted by atomic mass is 16.2. The minimum atomic E-state index is -0.341. The molecule has 0 aliphatic carbocycles. The van der Waals surface area contributed by atoms with Crippen LogP contribution in [0, 0.1) is 0 Å². The van der Waals surface area contributed by atoms with Crippen molar-refractivity contribution in [1.82, 2.24) is 10.4 Å². The maximum atomic E-state index is 12.5. The second-order valence-corrected chi connectivity index (χ2v) is 6.46. The fourth-order valence-electron chi connectivity index (χ4n) is 2.51. The largest absolute Gasteiger partial charge is 0.378 e. The van der Waals surface area contributed by atoms with Crippen molar-refractivity contribution in [3.8, 4) is 0 Å². The van der Waals surface area contributed by atoms with Crippen LogP contribution in [0.1, 0.15) is 26.3 Å². The number of anilines is 2. The van der Waals surface area contributed by atoms with Crippen molar-refractivity contribution >= 4 is 29.4 Å². The number of carbonyl (C=O) groups is 2. The summed E-state index contributed by atoms with van der Waals surface area (Å²) in [6.45, 7) is 0. The van der Waals surface area contributed by atoms with Crippen LogP contribution >= 0.6 is 0 Å². The van der Waals surface area contributed by atoms with Gasteiger partial charge in [-0.05, 0) is 60.2 Å². The van der Waals surface area contributed by atoms with E-state index in [9.17, 15) is 9.59 Å². The van der Waals surface area contributed by atoms with Crippen LogP contribution < -0.4 is 15.6 Å². The van der Waals surface area contributed by atoms with Gasteiger partial charge in [0.25, 0.3) is 11.8 Å². The molecule has 0 fully saturated rings. The number of nitrogens with zero attached hydrogens (tertiary/aromatic N) is 3. The van der Waals surface area contributed by atoms with Crippen molar-refractivity contribution in [3.63, 3.8) is 0 Å². The molecule has 0 saturated heterocycles. The van der Waals surface area contributed by atoms with E-state index >= 15 is 0 Å². The SMILES string of the molecule is CN(C)c1cccc(C(=O)Nc2ccc(C(=O)N/N=C/c3ccncc3)cc2)c1. The summed E-state index contributed by atoms with van der Waals surface area (Å²) in [5, 5.41) is 6.76. The van der Waals surface area contributed by atoms with Crippen molar-refractivity contribution in [3.05, 3.63) is 89.7 Å². The molecule has 1 heterocycles. The monoisotopic (exact) mass is 387 g/mol. The summed E-state index contributed by atoms with van der Waals surface area (Å²) < 4.78 is 0. The van der Waals surface area contributed by atoms with Crippen molar-refractivity contribution in [1.29, 1.82) is 0 Å². The Morgan fingerprint density at radius 1 is 0.931 bits per heavy atom. The van der Waals surface area contributed by atoms with Gasteiger partial charge in [-0.2, -0.15) is 5.10 Å². The van der Waals surface area contributed by atoms with E-state index in [1.54, 1.807) is 54.9 Å². The lowest BCUT2D eigenvalue weighted by molar-refractivity contribution is 0.0954. The topological polar surface area (TPSA) is 86.7 Å². The molecule has 7 nitrogen and oxygen atoms in total. The third kappa shape index (κ3) is 5.49. The molecule has 2 N–H and O–H groups in total. The summed E-state index contributed by atoms with van der Waals surface area (Å²) in [5.74, 6) is -0.556. The summed E-state index contributed by atoms with van der Waals surface area (Å²) in [5.41, 5.74) is 5.83. The van der Waals surface area contributed by atoms with Gasteiger partial charge in [-0.1, -0.05) is 6.07 Å². The normalized spacial score (nSPS) is 10.6. The van der Waals surface area contributed by atoms with Crippen LogP contribution in [0.4, 0.5) is 11.4 Å². The summed E-state index contributed by atoms with van der Waals surface area (Å²) in [6, 6.07) is 17.5. The summed E-state index contributed by atoms with van der Waals surface area (Å²) in [7, 11) is 3.84. The number of pyridine rings is 1. The van der Waals surface area contributed by atoms with Gasteiger partial charge in [-0.25, -0.2) is 5.43 Å². The lowest BCUT2D eigenvalue weighted by atomic mass is 10.1. The van der Waals surface area contributed by atoms with Gasteiger partial charge in [0.05, 0.1) is 6.21 Å². The zero-order valence-corrected chi connectivity index (χ0v) is 16.2. The predicted molar refractivity (Wildman–Crippen MR) is 114 cm³/mol. The average molecular weight is 387 g/mol. The van der Waals surface area contributed by atoms with Crippen LogP contribution in [0.2, 0.25) is 0 Å². The van der Waals surface area contributed by atoms with E-state index in [4.69, 9.17) is 0 Å². The van der Waals surface area contributed by atoms with E-state index in [1.165, 1.54) is 6.21 Å². The summed E-state index contributed by atoms with van der Waals surface area (Å²) in [4.78, 5) is 30.5. The Morgan fingerprint density at radius 3 is 2.34 bits per heavy atom. The highest BCUT2D eigenvalue weighted by Gasteiger charge is 2.09. The van der Waals surface area contributed by atoms with E-state index < -0.39 is 0 Å². The van der Waals surface area contributed by atoms with Crippen LogP contribution in [0.25, 0.3) is 0 Å². The molecule has 29 heavy (non-hydrogen) atoms. The molecule has 2 amide bonds.